The number of amides is 3. The molecule has 208 valence electrons. The highest BCUT2D eigenvalue weighted by atomic mass is 16.5. The lowest BCUT2D eigenvalue weighted by Gasteiger charge is -2.38. The van der Waals surface area contributed by atoms with E-state index in [2.05, 4.69) is 34.3 Å². The number of aromatic nitrogens is 2. The van der Waals surface area contributed by atoms with Crippen LogP contribution in [-0.4, -0.2) is 55.3 Å². The second-order valence-corrected chi connectivity index (χ2v) is 10.0. The molecule has 10 nitrogen and oxygen atoms in total. The fourth-order valence-corrected chi connectivity index (χ4v) is 5.47. The van der Waals surface area contributed by atoms with E-state index in [0.29, 0.717) is 41.4 Å². The van der Waals surface area contributed by atoms with Gasteiger partial charge in [-0.2, -0.15) is 4.98 Å². The number of benzene rings is 2. The van der Waals surface area contributed by atoms with Crippen molar-refractivity contribution in [2.75, 3.05) is 36.4 Å². The minimum absolute atomic E-state index is 0.105. The summed E-state index contributed by atoms with van der Waals surface area (Å²) in [6, 6.07) is 15.3. The molecule has 0 saturated heterocycles. The van der Waals surface area contributed by atoms with Crippen LogP contribution in [0.4, 0.5) is 22.2 Å². The molecule has 3 aromatic rings. The van der Waals surface area contributed by atoms with Crippen LogP contribution in [0.5, 0.6) is 11.5 Å². The van der Waals surface area contributed by atoms with Gasteiger partial charge in [0.2, 0.25) is 11.9 Å². The molecule has 2 aromatic carbocycles. The van der Waals surface area contributed by atoms with Gasteiger partial charge in [0.1, 0.15) is 17.3 Å². The van der Waals surface area contributed by atoms with Crippen molar-refractivity contribution < 1.29 is 19.1 Å². The Hall–Kier alpha value is -4.60. The molecule has 1 fully saturated rings. The third-order valence-electron chi connectivity index (χ3n) is 7.60. The van der Waals surface area contributed by atoms with Gasteiger partial charge in [-0.3, -0.25) is 14.6 Å². The first-order valence-corrected chi connectivity index (χ1v) is 13.3. The fraction of sp³-hybridized carbons (Fsp3) is 0.333. The highest BCUT2D eigenvalue weighted by Crippen LogP contribution is 2.36. The summed E-state index contributed by atoms with van der Waals surface area (Å²) in [7, 11) is 4.84. The van der Waals surface area contributed by atoms with Crippen molar-refractivity contribution in [3.05, 3.63) is 78.5 Å². The number of anilines is 3. The number of hydrogen-bond donors (Lipinski definition) is 2. The summed E-state index contributed by atoms with van der Waals surface area (Å²) in [5.74, 6) is 2.26. The summed E-state index contributed by atoms with van der Waals surface area (Å²) in [4.78, 5) is 38.1. The molecule has 1 aliphatic heterocycles. The minimum Gasteiger partial charge on any atom is -0.497 e. The number of nitrogens with zero attached hydrogens (tertiary/aromatic N) is 4. The molecule has 0 radical (unpaired) electrons. The molecule has 0 bridgehead atoms. The standard InChI is InChI=1S/C30H34N6O4/c1-5-27(37)32-25-12-11-20(19-9-7-6-8-10-19)13-26(25)33-29-31-17-21-18-36(30(38)35(2)28(21)34-29)22-14-23(39-3)16-24(15-22)40-4/h5-10,14-17,20,25-26H,1,11-13,18H2,2-4H3,(H,32,37)(H,31,33,34). The van der Waals surface area contributed by atoms with E-state index in [1.54, 1.807) is 50.6 Å². The lowest BCUT2D eigenvalue weighted by atomic mass is 9.78. The predicted molar refractivity (Wildman–Crippen MR) is 154 cm³/mol. The molecule has 3 unspecified atom stereocenters. The first-order valence-electron chi connectivity index (χ1n) is 13.3. The number of hydrogen-bond acceptors (Lipinski definition) is 7. The predicted octanol–water partition coefficient (Wildman–Crippen LogP) is 4.49. The van der Waals surface area contributed by atoms with Crippen LogP contribution < -0.4 is 29.9 Å². The number of urea groups is 1. The van der Waals surface area contributed by atoms with E-state index in [0.717, 1.165) is 24.8 Å². The molecule has 3 atom stereocenters. The van der Waals surface area contributed by atoms with E-state index < -0.39 is 0 Å². The van der Waals surface area contributed by atoms with Crippen LogP contribution in [0.15, 0.2) is 67.4 Å². The van der Waals surface area contributed by atoms with Gasteiger partial charge >= 0.3 is 6.03 Å². The molecular weight excluding hydrogens is 508 g/mol. The highest BCUT2D eigenvalue weighted by molar-refractivity contribution is 6.05. The first-order chi connectivity index (χ1) is 19.4. The van der Waals surface area contributed by atoms with Crippen molar-refractivity contribution in [1.29, 1.82) is 0 Å². The van der Waals surface area contributed by atoms with Crippen LogP contribution in [0.3, 0.4) is 0 Å². The third-order valence-corrected chi connectivity index (χ3v) is 7.60. The van der Waals surface area contributed by atoms with Gasteiger partial charge in [-0.25, -0.2) is 9.78 Å². The van der Waals surface area contributed by atoms with Gasteiger partial charge in [-0.15, -0.1) is 0 Å². The maximum Gasteiger partial charge on any atom is 0.330 e. The van der Waals surface area contributed by atoms with Crippen LogP contribution in [0.1, 0.15) is 36.3 Å². The van der Waals surface area contributed by atoms with Crippen LogP contribution in [0.25, 0.3) is 0 Å². The second-order valence-electron chi connectivity index (χ2n) is 10.0. The lowest BCUT2D eigenvalue weighted by Crippen LogP contribution is -2.50. The summed E-state index contributed by atoms with van der Waals surface area (Å²) in [5.41, 5.74) is 2.72. The molecule has 3 amide bonds. The van der Waals surface area contributed by atoms with Crippen LogP contribution in [0.2, 0.25) is 0 Å². The Morgan fingerprint density at radius 3 is 2.48 bits per heavy atom. The van der Waals surface area contributed by atoms with Gasteiger partial charge in [0.05, 0.1) is 26.5 Å². The lowest BCUT2D eigenvalue weighted by molar-refractivity contribution is -0.117. The number of carbonyl (C=O) groups is 2. The van der Waals surface area contributed by atoms with E-state index in [4.69, 9.17) is 14.5 Å². The van der Waals surface area contributed by atoms with E-state index >= 15 is 0 Å². The molecule has 1 aliphatic carbocycles. The summed E-state index contributed by atoms with van der Waals surface area (Å²) in [5, 5.41) is 6.53. The highest BCUT2D eigenvalue weighted by Gasteiger charge is 2.34. The van der Waals surface area contributed by atoms with Gasteiger partial charge in [-0.05, 0) is 36.8 Å². The van der Waals surface area contributed by atoms with E-state index in [1.165, 1.54) is 16.5 Å². The molecule has 0 spiro atoms. The molecule has 1 saturated carbocycles. The molecule has 1 aromatic heterocycles. The normalized spacial score (nSPS) is 20.4. The number of carbonyl (C=O) groups excluding carboxylic acids is 2. The summed E-state index contributed by atoms with van der Waals surface area (Å²) >= 11 is 0. The maximum absolute atomic E-state index is 13.4. The molecule has 2 heterocycles. The van der Waals surface area contributed by atoms with Crippen molar-refractivity contribution in [2.45, 2.75) is 43.8 Å². The summed E-state index contributed by atoms with van der Waals surface area (Å²) in [6.45, 7) is 3.89. The number of nitrogens with one attached hydrogen (secondary N) is 2. The smallest absolute Gasteiger partial charge is 0.330 e. The molecule has 5 rings (SSSR count). The fourth-order valence-electron chi connectivity index (χ4n) is 5.47. The van der Waals surface area contributed by atoms with Crippen molar-refractivity contribution in [3.63, 3.8) is 0 Å². The van der Waals surface area contributed by atoms with Gasteiger partial charge in [0, 0.05) is 49.1 Å². The monoisotopic (exact) mass is 542 g/mol. The zero-order valence-corrected chi connectivity index (χ0v) is 23.0. The summed E-state index contributed by atoms with van der Waals surface area (Å²) in [6.07, 6.45) is 5.59. The number of methoxy groups -OCH3 is 2. The number of ether oxygens (including phenoxy) is 2. The Bertz CT molecular complexity index is 1380. The van der Waals surface area contributed by atoms with Crippen LogP contribution in [0, 0.1) is 0 Å². The van der Waals surface area contributed by atoms with Crippen LogP contribution >= 0.6 is 0 Å². The largest absolute Gasteiger partial charge is 0.497 e. The SMILES string of the molecule is C=CC(=O)NC1CCC(c2ccccc2)CC1Nc1ncc2c(n1)N(C)C(=O)N(c1cc(OC)cc(OC)c1)C2. The molecule has 40 heavy (non-hydrogen) atoms. The Labute approximate surface area is 234 Å². The van der Waals surface area contributed by atoms with Crippen LogP contribution in [-0.2, 0) is 11.3 Å². The Morgan fingerprint density at radius 2 is 1.80 bits per heavy atom. The zero-order chi connectivity index (χ0) is 28.2. The number of fused-ring (bicyclic) bond motifs is 1. The molecular formula is C30H34N6O4. The maximum atomic E-state index is 13.4. The average Bonchev–Trinajstić information content (AvgIpc) is 3.00. The zero-order valence-electron chi connectivity index (χ0n) is 23.0. The van der Waals surface area contributed by atoms with E-state index in [9.17, 15) is 9.59 Å². The minimum atomic E-state index is -0.231. The van der Waals surface area contributed by atoms with Gasteiger partial charge < -0.3 is 20.1 Å². The first kappa shape index (κ1) is 27.0. The van der Waals surface area contributed by atoms with Gasteiger partial charge in [0.25, 0.3) is 0 Å². The third kappa shape index (κ3) is 5.56. The molecule has 10 heteroatoms. The van der Waals surface area contributed by atoms with Crippen molar-refractivity contribution in [2.24, 2.45) is 0 Å². The number of rotatable bonds is 8. The van der Waals surface area contributed by atoms with Crippen molar-refractivity contribution in [1.82, 2.24) is 15.3 Å². The van der Waals surface area contributed by atoms with E-state index in [-0.39, 0.29) is 24.0 Å². The Morgan fingerprint density at radius 1 is 1.07 bits per heavy atom. The second kappa shape index (κ2) is 11.6. The van der Waals surface area contributed by atoms with E-state index in [1.807, 2.05) is 18.2 Å². The molecule has 2 aliphatic rings. The summed E-state index contributed by atoms with van der Waals surface area (Å²) < 4.78 is 10.8. The Balaban J connectivity index is 1.39. The molecule has 2 N–H and O–H groups in total. The Kier molecular flexibility index (Phi) is 7.86. The van der Waals surface area contributed by atoms with Gasteiger partial charge in [0.15, 0.2) is 0 Å². The van der Waals surface area contributed by atoms with Gasteiger partial charge in [-0.1, -0.05) is 36.9 Å². The van der Waals surface area contributed by atoms with Crippen molar-refractivity contribution in [3.8, 4) is 11.5 Å². The quantitative estimate of drug-likeness (QED) is 0.404. The average molecular weight is 543 g/mol. The topological polar surface area (TPSA) is 109 Å². The van der Waals surface area contributed by atoms with Crippen molar-refractivity contribution >= 4 is 29.4 Å².